The van der Waals surface area contributed by atoms with E-state index >= 15 is 0 Å². The maximum atomic E-state index is 12.3. The molecular formula is C13H19N3O2S. The van der Waals surface area contributed by atoms with Gasteiger partial charge in [0.15, 0.2) is 0 Å². The first-order chi connectivity index (χ1) is 9.00. The van der Waals surface area contributed by atoms with Gasteiger partial charge in [-0.05, 0) is 25.0 Å². The molecule has 3 N–H and O–H groups in total. The summed E-state index contributed by atoms with van der Waals surface area (Å²) in [5.74, 6) is -0.00880. The number of rotatable bonds is 6. The van der Waals surface area contributed by atoms with Crippen molar-refractivity contribution in [1.82, 2.24) is 10.3 Å². The summed E-state index contributed by atoms with van der Waals surface area (Å²) in [4.78, 5) is 16.6. The smallest absolute Gasteiger partial charge is 0.257 e. The lowest BCUT2D eigenvalue weighted by molar-refractivity contribution is 0.0916. The molecule has 0 saturated carbocycles. The highest BCUT2D eigenvalue weighted by molar-refractivity contribution is 7.80. The maximum Gasteiger partial charge on any atom is 0.257 e. The van der Waals surface area contributed by atoms with Gasteiger partial charge in [0, 0.05) is 6.20 Å². The topological polar surface area (TPSA) is 77.2 Å². The molecule has 1 amide bonds. The number of nitrogens with one attached hydrogen (secondary N) is 1. The Morgan fingerprint density at radius 2 is 2.16 bits per heavy atom. The van der Waals surface area contributed by atoms with Gasteiger partial charge in [0.25, 0.3) is 5.91 Å². The van der Waals surface area contributed by atoms with Gasteiger partial charge >= 0.3 is 0 Å². The molecule has 19 heavy (non-hydrogen) atoms. The Kier molecular flexibility index (Phi) is 5.23. The summed E-state index contributed by atoms with van der Waals surface area (Å²) >= 11 is 5.07. The van der Waals surface area contributed by atoms with Gasteiger partial charge in [-0.15, -0.1) is 0 Å². The highest BCUT2D eigenvalue weighted by atomic mass is 32.1. The van der Waals surface area contributed by atoms with E-state index in [-0.39, 0.29) is 16.8 Å². The molecule has 6 heteroatoms. The predicted molar refractivity (Wildman–Crippen MR) is 78.4 cm³/mol. The first kappa shape index (κ1) is 15.4. The number of nitrogens with zero attached hydrogens (tertiary/aromatic N) is 1. The average Bonchev–Trinajstić information content (AvgIpc) is 2.44. The normalized spacial score (nSPS) is 10.9. The van der Waals surface area contributed by atoms with Gasteiger partial charge in [-0.25, -0.2) is 4.98 Å². The molecule has 5 nitrogen and oxygen atoms in total. The molecule has 104 valence electrons. The Balaban J connectivity index is 3.04. The zero-order valence-electron chi connectivity index (χ0n) is 11.4. The van der Waals surface area contributed by atoms with Crippen LogP contribution in [0.5, 0.6) is 5.88 Å². The standard InChI is InChI=1S/C13H19N3O2S/c1-4-13(5-2,12(14)19)16-10(17)9-7-6-8-15-11(9)18-3/h6-8H,4-5H2,1-3H3,(H2,14,19)(H,16,17). The summed E-state index contributed by atoms with van der Waals surface area (Å²) in [5.41, 5.74) is 5.45. The molecule has 0 aromatic carbocycles. The SMILES string of the molecule is CCC(CC)(NC(=O)c1cccnc1OC)C(N)=S. The Labute approximate surface area is 118 Å². The van der Waals surface area contributed by atoms with Crippen LogP contribution in [0.4, 0.5) is 0 Å². The van der Waals surface area contributed by atoms with Crippen LogP contribution in [0.1, 0.15) is 37.0 Å². The third kappa shape index (κ3) is 3.20. The molecule has 0 atom stereocenters. The summed E-state index contributed by atoms with van der Waals surface area (Å²) < 4.78 is 5.07. The van der Waals surface area contributed by atoms with Crippen molar-refractivity contribution in [3.8, 4) is 5.88 Å². The van der Waals surface area contributed by atoms with Crippen molar-refractivity contribution in [2.45, 2.75) is 32.2 Å². The van der Waals surface area contributed by atoms with E-state index in [1.807, 2.05) is 13.8 Å². The second kappa shape index (κ2) is 6.47. The van der Waals surface area contributed by atoms with Crippen LogP contribution in [-0.4, -0.2) is 28.5 Å². The fourth-order valence-electron chi connectivity index (χ4n) is 1.85. The molecule has 1 heterocycles. The number of hydrogen-bond donors (Lipinski definition) is 2. The highest BCUT2D eigenvalue weighted by Gasteiger charge is 2.32. The number of carbonyl (C=O) groups is 1. The van der Waals surface area contributed by atoms with Crippen molar-refractivity contribution < 1.29 is 9.53 Å². The van der Waals surface area contributed by atoms with E-state index in [0.29, 0.717) is 18.4 Å². The van der Waals surface area contributed by atoms with Gasteiger partial charge in [0.2, 0.25) is 5.88 Å². The number of nitrogens with two attached hydrogens (primary N) is 1. The monoisotopic (exact) mass is 281 g/mol. The zero-order chi connectivity index (χ0) is 14.5. The number of aromatic nitrogens is 1. The number of thiocarbonyl (C=S) groups is 1. The third-order valence-electron chi connectivity index (χ3n) is 3.24. The Morgan fingerprint density at radius 3 is 2.63 bits per heavy atom. The van der Waals surface area contributed by atoms with Gasteiger partial charge in [-0.2, -0.15) is 0 Å². The largest absolute Gasteiger partial charge is 0.480 e. The molecule has 0 aliphatic carbocycles. The van der Waals surface area contributed by atoms with E-state index in [4.69, 9.17) is 22.7 Å². The van der Waals surface area contributed by atoms with Crippen LogP contribution in [0.15, 0.2) is 18.3 Å². The van der Waals surface area contributed by atoms with Crippen LogP contribution in [0, 0.1) is 0 Å². The maximum absolute atomic E-state index is 12.3. The van der Waals surface area contributed by atoms with Crippen molar-refractivity contribution >= 4 is 23.1 Å². The van der Waals surface area contributed by atoms with Crippen LogP contribution in [-0.2, 0) is 0 Å². The van der Waals surface area contributed by atoms with Crippen LogP contribution in [0.3, 0.4) is 0 Å². The summed E-state index contributed by atoms with van der Waals surface area (Å²) in [6.45, 7) is 3.87. The fourth-order valence-corrected chi connectivity index (χ4v) is 2.19. The zero-order valence-corrected chi connectivity index (χ0v) is 12.2. The lowest BCUT2D eigenvalue weighted by atomic mass is 9.92. The summed E-state index contributed by atoms with van der Waals surface area (Å²) in [6, 6.07) is 3.33. The van der Waals surface area contributed by atoms with Crippen molar-refractivity contribution in [3.05, 3.63) is 23.9 Å². The summed E-state index contributed by atoms with van der Waals surface area (Å²) in [5, 5.41) is 2.90. The molecule has 1 aromatic rings. The second-order valence-electron chi connectivity index (χ2n) is 4.17. The Hall–Kier alpha value is -1.69. The molecular weight excluding hydrogens is 262 g/mol. The van der Waals surface area contributed by atoms with Gasteiger partial charge in [-0.3, -0.25) is 4.79 Å². The first-order valence-electron chi connectivity index (χ1n) is 6.12. The molecule has 0 aliphatic heterocycles. The minimum atomic E-state index is -0.673. The van der Waals surface area contributed by atoms with Gasteiger partial charge in [0.05, 0.1) is 17.6 Å². The predicted octanol–water partition coefficient (Wildman–Crippen LogP) is 1.66. The molecule has 1 aromatic heterocycles. The minimum absolute atomic E-state index is 0.282. The van der Waals surface area contributed by atoms with Crippen LogP contribution >= 0.6 is 12.2 Å². The number of amides is 1. The van der Waals surface area contributed by atoms with Gasteiger partial charge < -0.3 is 15.8 Å². The van der Waals surface area contributed by atoms with Crippen LogP contribution in [0.25, 0.3) is 0 Å². The third-order valence-corrected chi connectivity index (χ3v) is 3.63. The summed E-state index contributed by atoms with van der Waals surface area (Å²) in [7, 11) is 1.47. The van der Waals surface area contributed by atoms with E-state index < -0.39 is 5.54 Å². The molecule has 0 unspecified atom stereocenters. The molecule has 1 rings (SSSR count). The number of ether oxygens (including phenoxy) is 1. The first-order valence-corrected chi connectivity index (χ1v) is 6.53. The highest BCUT2D eigenvalue weighted by Crippen LogP contribution is 2.19. The molecule has 0 saturated heterocycles. The summed E-state index contributed by atoms with van der Waals surface area (Å²) in [6.07, 6.45) is 2.83. The number of pyridine rings is 1. The molecule has 0 radical (unpaired) electrons. The number of hydrogen-bond acceptors (Lipinski definition) is 4. The fraction of sp³-hybridized carbons (Fsp3) is 0.462. The molecule has 0 spiro atoms. The average molecular weight is 281 g/mol. The van der Waals surface area contributed by atoms with Gasteiger partial charge in [-0.1, -0.05) is 26.1 Å². The number of carbonyl (C=O) groups excluding carboxylic acids is 1. The minimum Gasteiger partial charge on any atom is -0.480 e. The van der Waals surface area contributed by atoms with E-state index in [1.165, 1.54) is 7.11 Å². The Morgan fingerprint density at radius 1 is 1.53 bits per heavy atom. The van der Waals surface area contributed by atoms with Crippen LogP contribution in [0.2, 0.25) is 0 Å². The quantitative estimate of drug-likeness (QED) is 0.776. The molecule has 0 fully saturated rings. The second-order valence-corrected chi connectivity index (χ2v) is 4.61. The lowest BCUT2D eigenvalue weighted by Gasteiger charge is -2.31. The van der Waals surface area contributed by atoms with E-state index in [0.717, 1.165) is 0 Å². The number of methoxy groups -OCH3 is 1. The van der Waals surface area contributed by atoms with Crippen LogP contribution < -0.4 is 15.8 Å². The van der Waals surface area contributed by atoms with E-state index in [9.17, 15) is 4.79 Å². The van der Waals surface area contributed by atoms with Crippen molar-refractivity contribution in [3.63, 3.8) is 0 Å². The molecule has 0 aliphatic rings. The Bertz CT molecular complexity index is 473. The van der Waals surface area contributed by atoms with Gasteiger partial charge in [0.1, 0.15) is 5.56 Å². The van der Waals surface area contributed by atoms with Crippen molar-refractivity contribution in [1.29, 1.82) is 0 Å². The van der Waals surface area contributed by atoms with E-state index in [2.05, 4.69) is 10.3 Å². The van der Waals surface area contributed by atoms with E-state index in [1.54, 1.807) is 18.3 Å². The molecule has 0 bridgehead atoms. The lowest BCUT2D eigenvalue weighted by Crippen LogP contribution is -2.56. The van der Waals surface area contributed by atoms with Crippen molar-refractivity contribution in [2.75, 3.05) is 7.11 Å². The van der Waals surface area contributed by atoms with Crippen molar-refractivity contribution in [2.24, 2.45) is 5.73 Å².